The Kier molecular flexibility index (Phi) is 3.97. The molecule has 2 heterocycles. The minimum atomic E-state index is -0.391. The van der Waals surface area contributed by atoms with Crippen molar-refractivity contribution in [3.8, 4) is 17.0 Å². The summed E-state index contributed by atoms with van der Waals surface area (Å²) in [5.74, 6) is 0.370. The molecule has 0 spiro atoms. The number of benzene rings is 1. The van der Waals surface area contributed by atoms with Crippen molar-refractivity contribution in [3.05, 3.63) is 47.8 Å². The second kappa shape index (κ2) is 6.08. The molecular formula is C17H17N3O3. The van der Waals surface area contributed by atoms with E-state index < -0.39 is 5.97 Å². The van der Waals surface area contributed by atoms with Crippen molar-refractivity contribution in [2.24, 2.45) is 0 Å². The topological polar surface area (TPSA) is 65.7 Å². The molecule has 0 atom stereocenters. The molecule has 0 saturated heterocycles. The van der Waals surface area contributed by atoms with Crippen LogP contribution in [0.15, 0.2) is 36.5 Å². The number of fused-ring (bicyclic) bond motifs is 1. The zero-order valence-electron chi connectivity index (χ0n) is 13.2. The highest BCUT2D eigenvalue weighted by Crippen LogP contribution is 2.24. The van der Waals surface area contributed by atoms with E-state index in [-0.39, 0.29) is 0 Å². The van der Waals surface area contributed by atoms with Crippen LogP contribution in [0, 0.1) is 6.92 Å². The molecule has 23 heavy (non-hydrogen) atoms. The van der Waals surface area contributed by atoms with E-state index in [9.17, 15) is 4.79 Å². The third-order valence-electron chi connectivity index (χ3n) is 3.58. The fraction of sp³-hybridized carbons (Fsp3) is 0.235. The summed E-state index contributed by atoms with van der Waals surface area (Å²) in [5.41, 5.74) is 3.48. The Balaban J connectivity index is 2.08. The number of rotatable bonds is 4. The van der Waals surface area contributed by atoms with Crippen LogP contribution in [-0.4, -0.2) is 34.3 Å². The van der Waals surface area contributed by atoms with Crippen LogP contribution in [0.4, 0.5) is 0 Å². The van der Waals surface area contributed by atoms with Gasteiger partial charge in [-0.05, 0) is 26.0 Å². The molecule has 0 aliphatic rings. The molecular weight excluding hydrogens is 294 g/mol. The summed E-state index contributed by atoms with van der Waals surface area (Å²) >= 11 is 0. The summed E-state index contributed by atoms with van der Waals surface area (Å²) in [4.78, 5) is 16.3. The third-order valence-corrected chi connectivity index (χ3v) is 3.58. The summed E-state index contributed by atoms with van der Waals surface area (Å²) in [5, 5.41) is 4.55. The van der Waals surface area contributed by atoms with E-state index in [2.05, 4.69) is 10.1 Å². The van der Waals surface area contributed by atoms with Crippen molar-refractivity contribution in [2.45, 2.75) is 13.8 Å². The number of carbonyl (C=O) groups is 1. The molecule has 3 aromatic rings. The van der Waals surface area contributed by atoms with Crippen LogP contribution in [0.3, 0.4) is 0 Å². The number of carbonyl (C=O) groups excluding carboxylic acids is 1. The zero-order valence-corrected chi connectivity index (χ0v) is 13.2. The van der Waals surface area contributed by atoms with Crippen molar-refractivity contribution in [1.82, 2.24) is 14.6 Å². The van der Waals surface area contributed by atoms with Gasteiger partial charge in [0, 0.05) is 17.8 Å². The quantitative estimate of drug-likeness (QED) is 0.693. The fourth-order valence-electron chi connectivity index (χ4n) is 2.38. The van der Waals surface area contributed by atoms with Gasteiger partial charge < -0.3 is 9.47 Å². The summed E-state index contributed by atoms with van der Waals surface area (Å²) < 4.78 is 11.9. The first-order valence-electron chi connectivity index (χ1n) is 7.31. The van der Waals surface area contributed by atoms with Crippen molar-refractivity contribution >= 4 is 11.6 Å². The lowest BCUT2D eigenvalue weighted by Crippen LogP contribution is -2.11. The van der Waals surface area contributed by atoms with Crippen molar-refractivity contribution in [3.63, 3.8) is 0 Å². The third kappa shape index (κ3) is 2.75. The average Bonchev–Trinajstić information content (AvgIpc) is 3.00. The van der Waals surface area contributed by atoms with E-state index in [0.717, 1.165) is 17.0 Å². The molecule has 0 N–H and O–H groups in total. The molecule has 0 bridgehead atoms. The Labute approximate surface area is 133 Å². The number of aryl methyl sites for hydroxylation is 1. The number of methoxy groups -OCH3 is 1. The average molecular weight is 311 g/mol. The number of hydrogen-bond donors (Lipinski definition) is 0. The first-order valence-corrected chi connectivity index (χ1v) is 7.31. The van der Waals surface area contributed by atoms with Gasteiger partial charge in [-0.25, -0.2) is 14.3 Å². The van der Waals surface area contributed by atoms with Crippen LogP contribution >= 0.6 is 0 Å². The summed E-state index contributed by atoms with van der Waals surface area (Å²) in [6, 6.07) is 9.51. The van der Waals surface area contributed by atoms with Gasteiger partial charge >= 0.3 is 5.97 Å². The lowest BCUT2D eigenvalue weighted by atomic mass is 10.1. The van der Waals surface area contributed by atoms with Gasteiger partial charge in [-0.2, -0.15) is 5.10 Å². The Morgan fingerprint density at radius 3 is 2.87 bits per heavy atom. The Hall–Kier alpha value is -2.89. The largest absolute Gasteiger partial charge is 0.497 e. The summed E-state index contributed by atoms with van der Waals surface area (Å²) in [6.07, 6.45) is 1.53. The minimum absolute atomic E-state index is 0.324. The number of hydrogen-bond acceptors (Lipinski definition) is 5. The first-order chi connectivity index (χ1) is 11.1. The predicted octanol–water partition coefficient (Wildman–Crippen LogP) is 2.89. The molecule has 0 radical (unpaired) electrons. The normalized spacial score (nSPS) is 10.7. The standard InChI is InChI=1S/C17H17N3O3/c1-4-23-17(21)14-10-18-16-9-15(19-20(16)11(14)2)12-6-5-7-13(8-12)22-3/h5-10H,4H2,1-3H3. The molecule has 6 heteroatoms. The highest BCUT2D eigenvalue weighted by Gasteiger charge is 2.15. The molecule has 0 amide bonds. The maximum absolute atomic E-state index is 11.9. The smallest absolute Gasteiger partial charge is 0.341 e. The Bertz CT molecular complexity index is 871. The monoisotopic (exact) mass is 311 g/mol. The molecule has 0 aliphatic carbocycles. The van der Waals surface area contributed by atoms with E-state index in [1.165, 1.54) is 6.20 Å². The van der Waals surface area contributed by atoms with Crippen LogP contribution in [0.5, 0.6) is 5.75 Å². The Morgan fingerprint density at radius 2 is 2.13 bits per heavy atom. The van der Waals surface area contributed by atoms with Gasteiger partial charge in [0.05, 0.1) is 30.7 Å². The number of nitrogens with zero attached hydrogens (tertiary/aromatic N) is 3. The van der Waals surface area contributed by atoms with Crippen LogP contribution in [-0.2, 0) is 4.74 Å². The molecule has 0 unspecified atom stereocenters. The lowest BCUT2D eigenvalue weighted by Gasteiger charge is -2.06. The van der Waals surface area contributed by atoms with E-state index in [1.54, 1.807) is 18.5 Å². The molecule has 0 saturated carbocycles. The van der Waals surface area contributed by atoms with Crippen LogP contribution < -0.4 is 4.74 Å². The molecule has 3 rings (SSSR count). The van der Waals surface area contributed by atoms with Gasteiger partial charge in [0.25, 0.3) is 0 Å². The van der Waals surface area contributed by atoms with Crippen LogP contribution in [0.1, 0.15) is 23.0 Å². The summed E-state index contributed by atoms with van der Waals surface area (Å²) in [7, 11) is 1.63. The SMILES string of the molecule is CCOC(=O)c1cnc2cc(-c3cccc(OC)c3)nn2c1C. The van der Waals surface area contributed by atoms with E-state index >= 15 is 0 Å². The molecule has 0 aliphatic heterocycles. The Morgan fingerprint density at radius 1 is 1.30 bits per heavy atom. The number of ether oxygens (including phenoxy) is 2. The molecule has 2 aromatic heterocycles. The van der Waals surface area contributed by atoms with Crippen LogP contribution in [0.2, 0.25) is 0 Å². The second-order valence-corrected chi connectivity index (χ2v) is 5.01. The molecule has 6 nitrogen and oxygen atoms in total. The van der Waals surface area contributed by atoms with E-state index in [1.807, 2.05) is 37.3 Å². The van der Waals surface area contributed by atoms with Gasteiger partial charge in [0.15, 0.2) is 5.65 Å². The van der Waals surface area contributed by atoms with Crippen molar-refractivity contribution < 1.29 is 14.3 Å². The fourth-order valence-corrected chi connectivity index (χ4v) is 2.38. The summed E-state index contributed by atoms with van der Waals surface area (Å²) in [6.45, 7) is 3.92. The first kappa shape index (κ1) is 15.0. The van der Waals surface area contributed by atoms with Gasteiger partial charge in [0.1, 0.15) is 5.75 Å². The maximum atomic E-state index is 11.9. The van der Waals surface area contributed by atoms with Gasteiger partial charge in [-0.1, -0.05) is 12.1 Å². The van der Waals surface area contributed by atoms with Crippen molar-refractivity contribution in [2.75, 3.05) is 13.7 Å². The molecule has 118 valence electrons. The highest BCUT2D eigenvalue weighted by molar-refractivity contribution is 5.90. The zero-order chi connectivity index (χ0) is 16.4. The van der Waals surface area contributed by atoms with E-state index in [4.69, 9.17) is 9.47 Å². The van der Waals surface area contributed by atoms with Crippen molar-refractivity contribution in [1.29, 1.82) is 0 Å². The predicted molar refractivity (Wildman–Crippen MR) is 85.7 cm³/mol. The number of esters is 1. The van der Waals surface area contributed by atoms with Crippen LogP contribution in [0.25, 0.3) is 16.9 Å². The molecule has 0 fully saturated rings. The highest BCUT2D eigenvalue weighted by atomic mass is 16.5. The van der Waals surface area contributed by atoms with Gasteiger partial charge in [-0.3, -0.25) is 0 Å². The second-order valence-electron chi connectivity index (χ2n) is 5.01. The minimum Gasteiger partial charge on any atom is -0.497 e. The van der Waals surface area contributed by atoms with E-state index in [0.29, 0.717) is 23.5 Å². The maximum Gasteiger partial charge on any atom is 0.341 e. The lowest BCUT2D eigenvalue weighted by molar-refractivity contribution is 0.0524. The molecule has 1 aromatic carbocycles. The number of aromatic nitrogens is 3. The van der Waals surface area contributed by atoms with Gasteiger partial charge in [-0.15, -0.1) is 0 Å². The van der Waals surface area contributed by atoms with Gasteiger partial charge in [0.2, 0.25) is 0 Å².